The molecule has 0 aromatic heterocycles. The molecule has 2 fully saturated rings. The Bertz CT molecular complexity index is 743. The molecule has 1 aliphatic carbocycles. The zero-order valence-corrected chi connectivity index (χ0v) is 17.2. The number of rotatable bonds is 6. The van der Waals surface area contributed by atoms with Crippen LogP contribution in [0.3, 0.4) is 0 Å². The van der Waals surface area contributed by atoms with Crippen LogP contribution in [0.15, 0.2) is 24.3 Å². The van der Waals surface area contributed by atoms with Gasteiger partial charge in [-0.1, -0.05) is 25.0 Å². The highest BCUT2D eigenvalue weighted by Gasteiger charge is 2.48. The zero-order valence-electron chi connectivity index (χ0n) is 17.2. The lowest BCUT2D eigenvalue weighted by Gasteiger charge is -2.42. The number of carboxylic acids is 1. The molecule has 9 heteroatoms. The third-order valence-electron chi connectivity index (χ3n) is 6.02. The third kappa shape index (κ3) is 4.61. The maximum atomic E-state index is 11.5. The van der Waals surface area contributed by atoms with Gasteiger partial charge in [-0.15, -0.1) is 0 Å². The normalized spacial score (nSPS) is 37.2. The van der Waals surface area contributed by atoms with Crippen LogP contribution in [0, 0.1) is 5.92 Å². The molecule has 5 N–H and O–H groups in total. The topological polar surface area (TPSA) is 140 Å². The standard InChI is InChI=1S/C21H31NO8/c1-22(2)11-13-6-3-4-9-21(13,28)12-7-5-8-14(10-12)29-20-17(25)15(23)16(24)18(30-20)19(26)27/h5,7-8,10,13,15-18,20,23-25,28H,3-4,6,9,11H2,1-2H3,(H,26,27)/t13?,15-,16+,17-,18?,20?,21?/m0/s1. The molecule has 3 rings (SSSR count). The molecule has 7 atom stereocenters. The summed E-state index contributed by atoms with van der Waals surface area (Å²) in [7, 11) is 3.93. The van der Waals surface area contributed by atoms with Gasteiger partial charge in [0.05, 0.1) is 5.60 Å². The first-order chi connectivity index (χ1) is 14.1. The first-order valence-electron chi connectivity index (χ1n) is 10.2. The molecule has 0 radical (unpaired) electrons. The van der Waals surface area contributed by atoms with E-state index in [9.17, 15) is 30.3 Å². The Kier molecular flexibility index (Phi) is 7.01. The Hall–Kier alpha value is -1.75. The highest BCUT2D eigenvalue weighted by Crippen LogP contribution is 2.43. The summed E-state index contributed by atoms with van der Waals surface area (Å²) in [6, 6.07) is 6.77. The van der Waals surface area contributed by atoms with E-state index in [0.29, 0.717) is 12.0 Å². The number of carbonyl (C=O) groups is 1. The maximum absolute atomic E-state index is 11.5. The summed E-state index contributed by atoms with van der Waals surface area (Å²) in [6.45, 7) is 0.733. The van der Waals surface area contributed by atoms with E-state index >= 15 is 0 Å². The van der Waals surface area contributed by atoms with Gasteiger partial charge < -0.3 is 39.9 Å². The van der Waals surface area contributed by atoms with Crippen LogP contribution in [-0.4, -0.2) is 87.7 Å². The van der Waals surface area contributed by atoms with Crippen LogP contribution in [-0.2, 0) is 15.1 Å². The molecule has 1 heterocycles. The number of aliphatic hydroxyl groups excluding tert-OH is 3. The SMILES string of the molecule is CN(C)CC1CCCCC1(O)c1cccc(OC2OC(C(=O)O)[C@H](O)[C@H](O)[C@@H]2O)c1. The van der Waals surface area contributed by atoms with Crippen molar-refractivity contribution in [3.8, 4) is 5.75 Å². The number of aliphatic hydroxyl groups is 4. The predicted octanol–water partition coefficient (Wildman–Crippen LogP) is -0.103. The number of nitrogens with zero attached hydrogens (tertiary/aromatic N) is 1. The van der Waals surface area contributed by atoms with Crippen molar-refractivity contribution in [1.82, 2.24) is 4.90 Å². The van der Waals surface area contributed by atoms with Crippen molar-refractivity contribution in [2.75, 3.05) is 20.6 Å². The molecule has 0 amide bonds. The quantitative estimate of drug-likeness (QED) is 0.422. The molecule has 2 aliphatic rings. The second-order valence-electron chi connectivity index (χ2n) is 8.51. The fourth-order valence-corrected chi connectivity index (χ4v) is 4.41. The van der Waals surface area contributed by atoms with E-state index in [1.54, 1.807) is 18.2 Å². The Morgan fingerprint density at radius 3 is 2.60 bits per heavy atom. The fraction of sp³-hybridized carbons (Fsp3) is 0.667. The van der Waals surface area contributed by atoms with Crippen molar-refractivity contribution in [1.29, 1.82) is 0 Å². The van der Waals surface area contributed by atoms with Gasteiger partial charge in [0.2, 0.25) is 6.29 Å². The summed E-state index contributed by atoms with van der Waals surface area (Å²) in [5, 5.41) is 50.6. The highest BCUT2D eigenvalue weighted by atomic mass is 16.7. The van der Waals surface area contributed by atoms with E-state index in [1.807, 2.05) is 25.1 Å². The summed E-state index contributed by atoms with van der Waals surface area (Å²) in [6.07, 6.45) is -4.91. The zero-order chi connectivity index (χ0) is 22.1. The average molecular weight is 425 g/mol. The van der Waals surface area contributed by atoms with Gasteiger partial charge in [0, 0.05) is 12.5 Å². The molecule has 1 aromatic rings. The van der Waals surface area contributed by atoms with Crippen LogP contribution >= 0.6 is 0 Å². The molecule has 1 aliphatic heterocycles. The maximum Gasteiger partial charge on any atom is 0.335 e. The van der Waals surface area contributed by atoms with Crippen molar-refractivity contribution < 1.29 is 39.8 Å². The van der Waals surface area contributed by atoms with Crippen LogP contribution in [0.1, 0.15) is 31.2 Å². The molecule has 30 heavy (non-hydrogen) atoms. The van der Waals surface area contributed by atoms with Crippen LogP contribution in [0.2, 0.25) is 0 Å². The van der Waals surface area contributed by atoms with Crippen LogP contribution in [0.4, 0.5) is 0 Å². The van der Waals surface area contributed by atoms with E-state index in [4.69, 9.17) is 9.47 Å². The molecule has 1 saturated heterocycles. The highest BCUT2D eigenvalue weighted by molar-refractivity contribution is 5.73. The van der Waals surface area contributed by atoms with Gasteiger partial charge in [-0.3, -0.25) is 0 Å². The number of ether oxygens (including phenoxy) is 2. The monoisotopic (exact) mass is 425 g/mol. The number of carboxylic acid groups (broad SMARTS) is 1. The number of benzene rings is 1. The van der Waals surface area contributed by atoms with Gasteiger partial charge in [0.15, 0.2) is 6.10 Å². The smallest absolute Gasteiger partial charge is 0.335 e. The molecule has 0 bridgehead atoms. The number of hydrogen-bond acceptors (Lipinski definition) is 8. The van der Waals surface area contributed by atoms with Crippen molar-refractivity contribution in [3.05, 3.63) is 29.8 Å². The molecule has 1 aromatic carbocycles. The van der Waals surface area contributed by atoms with Gasteiger partial charge in [0.1, 0.15) is 24.1 Å². The molecular formula is C21H31NO8. The van der Waals surface area contributed by atoms with Gasteiger partial charge >= 0.3 is 5.97 Å². The van der Waals surface area contributed by atoms with E-state index in [0.717, 1.165) is 25.8 Å². The van der Waals surface area contributed by atoms with E-state index in [1.165, 1.54) is 0 Å². The van der Waals surface area contributed by atoms with E-state index in [2.05, 4.69) is 0 Å². The largest absolute Gasteiger partial charge is 0.479 e. The summed E-state index contributed by atoms with van der Waals surface area (Å²) in [4.78, 5) is 13.3. The van der Waals surface area contributed by atoms with E-state index in [-0.39, 0.29) is 11.7 Å². The molecular weight excluding hydrogens is 394 g/mol. The molecule has 0 spiro atoms. The third-order valence-corrected chi connectivity index (χ3v) is 6.02. The van der Waals surface area contributed by atoms with Crippen molar-refractivity contribution in [2.45, 2.75) is 62.0 Å². The van der Waals surface area contributed by atoms with Crippen LogP contribution in [0.25, 0.3) is 0 Å². The van der Waals surface area contributed by atoms with Crippen molar-refractivity contribution in [3.63, 3.8) is 0 Å². The van der Waals surface area contributed by atoms with Crippen LogP contribution in [0.5, 0.6) is 5.75 Å². The number of hydrogen-bond donors (Lipinski definition) is 5. The van der Waals surface area contributed by atoms with Gasteiger partial charge in [0.25, 0.3) is 0 Å². The molecule has 168 valence electrons. The lowest BCUT2D eigenvalue weighted by Crippen LogP contribution is -2.61. The summed E-state index contributed by atoms with van der Waals surface area (Å²) in [5.41, 5.74) is -0.361. The first kappa shape index (κ1) is 22.9. The Labute approximate surface area is 175 Å². The summed E-state index contributed by atoms with van der Waals surface area (Å²) >= 11 is 0. The minimum atomic E-state index is -1.78. The van der Waals surface area contributed by atoms with Gasteiger partial charge in [-0.2, -0.15) is 0 Å². The lowest BCUT2D eigenvalue weighted by atomic mass is 9.71. The lowest BCUT2D eigenvalue weighted by molar-refractivity contribution is -0.271. The minimum absolute atomic E-state index is 0.0429. The molecule has 4 unspecified atom stereocenters. The first-order valence-corrected chi connectivity index (χ1v) is 10.2. The van der Waals surface area contributed by atoms with Crippen molar-refractivity contribution in [2.24, 2.45) is 5.92 Å². The Morgan fingerprint density at radius 2 is 1.93 bits per heavy atom. The van der Waals surface area contributed by atoms with Gasteiger partial charge in [-0.25, -0.2) is 4.79 Å². The minimum Gasteiger partial charge on any atom is -0.479 e. The molecule has 9 nitrogen and oxygen atoms in total. The second kappa shape index (κ2) is 9.17. The van der Waals surface area contributed by atoms with Gasteiger partial charge in [-0.05, 0) is 44.6 Å². The molecule has 1 saturated carbocycles. The average Bonchev–Trinajstić information content (AvgIpc) is 2.70. The van der Waals surface area contributed by atoms with E-state index < -0.39 is 42.3 Å². The Balaban J connectivity index is 1.82. The summed E-state index contributed by atoms with van der Waals surface area (Å²) < 4.78 is 10.8. The predicted molar refractivity (Wildman–Crippen MR) is 106 cm³/mol. The Morgan fingerprint density at radius 1 is 1.20 bits per heavy atom. The van der Waals surface area contributed by atoms with Crippen LogP contribution < -0.4 is 4.74 Å². The fourth-order valence-electron chi connectivity index (χ4n) is 4.41. The number of aliphatic carboxylic acids is 1. The summed E-state index contributed by atoms with van der Waals surface area (Å²) in [5.74, 6) is -1.17. The second-order valence-corrected chi connectivity index (χ2v) is 8.51. The van der Waals surface area contributed by atoms with Crippen molar-refractivity contribution >= 4 is 5.97 Å².